The van der Waals surface area contributed by atoms with Gasteiger partial charge in [0.25, 0.3) is 0 Å². The topological polar surface area (TPSA) is 54.8 Å². The molecule has 0 saturated carbocycles. The van der Waals surface area contributed by atoms with Crippen LogP contribution in [-0.2, 0) is 0 Å². The molecule has 0 aliphatic heterocycles. The lowest BCUT2D eigenvalue weighted by atomic mass is 10.4. The number of rotatable bonds is 6. The second-order valence-corrected chi connectivity index (χ2v) is 4.45. The Morgan fingerprint density at radius 2 is 2.42 bits per heavy atom. The van der Waals surface area contributed by atoms with Gasteiger partial charge in [0.15, 0.2) is 0 Å². The molecule has 0 aliphatic rings. The molecule has 0 atom stereocenters. The molecule has 19 heavy (non-hydrogen) atoms. The summed E-state index contributed by atoms with van der Waals surface area (Å²) in [6.07, 6.45) is 7.21. The van der Waals surface area contributed by atoms with Gasteiger partial charge >= 0.3 is 0 Å². The highest BCUT2D eigenvalue weighted by Gasteiger charge is 2.06. The summed E-state index contributed by atoms with van der Waals surface area (Å²) in [5, 5.41) is 10.8. The van der Waals surface area contributed by atoms with E-state index in [-0.39, 0.29) is 0 Å². The first-order chi connectivity index (χ1) is 9.20. The molecule has 5 nitrogen and oxygen atoms in total. The standard InChI is InChI=1S/C13H16N5P/c1-3-6-15-13(19)16-12-9-18(17-10(12)2)11-5-4-7-14-8-11/h3-5,7-9,15-16,19H,1,6H2,2H3. The molecule has 0 amide bonds. The van der Waals surface area contributed by atoms with Crippen LogP contribution in [0, 0.1) is 6.92 Å². The Labute approximate surface area is 114 Å². The van der Waals surface area contributed by atoms with Crippen LogP contribution in [0.2, 0.25) is 0 Å². The lowest BCUT2D eigenvalue weighted by Gasteiger charge is -2.07. The molecule has 2 rings (SSSR count). The lowest BCUT2D eigenvalue weighted by Crippen LogP contribution is -2.28. The zero-order valence-corrected chi connectivity index (χ0v) is 11.7. The van der Waals surface area contributed by atoms with E-state index in [2.05, 4.69) is 36.2 Å². The first-order valence-electron chi connectivity index (χ1n) is 5.87. The summed E-state index contributed by atoms with van der Waals surface area (Å²) in [5.41, 5.74) is 3.52. The number of nitrogens with zero attached hydrogens (tertiary/aromatic N) is 3. The van der Waals surface area contributed by atoms with Crippen LogP contribution in [0.5, 0.6) is 0 Å². The van der Waals surface area contributed by atoms with Crippen LogP contribution >= 0.6 is 8.86 Å². The zero-order valence-electron chi connectivity index (χ0n) is 10.7. The molecule has 6 heteroatoms. The minimum Gasteiger partial charge on any atom is -0.340 e. The highest BCUT2D eigenvalue weighted by Crippen LogP contribution is 2.15. The number of aryl methyl sites for hydroxylation is 1. The third-order valence-corrected chi connectivity index (χ3v) is 2.79. The van der Waals surface area contributed by atoms with Gasteiger partial charge in [-0.2, -0.15) is 5.10 Å². The monoisotopic (exact) mass is 273 g/mol. The third-order valence-electron chi connectivity index (χ3n) is 2.49. The van der Waals surface area contributed by atoms with E-state index in [4.69, 9.17) is 0 Å². The van der Waals surface area contributed by atoms with Gasteiger partial charge in [-0.15, -0.1) is 6.58 Å². The Hall–Kier alpha value is -1.97. The van der Waals surface area contributed by atoms with Crippen molar-refractivity contribution in [3.05, 3.63) is 49.1 Å². The molecule has 2 N–H and O–H groups in total. The molecular weight excluding hydrogens is 257 g/mol. The largest absolute Gasteiger partial charge is 0.340 e. The summed E-state index contributed by atoms with van der Waals surface area (Å²) in [5.74, 6) is 0. The van der Waals surface area contributed by atoms with Gasteiger partial charge in [-0.3, -0.25) is 10.3 Å². The molecule has 2 aromatic heterocycles. The van der Waals surface area contributed by atoms with Gasteiger partial charge in [-0.25, -0.2) is 4.68 Å². The van der Waals surface area contributed by atoms with Gasteiger partial charge in [-0.1, -0.05) is 14.9 Å². The van der Waals surface area contributed by atoms with E-state index >= 15 is 0 Å². The molecule has 2 aromatic rings. The maximum Gasteiger partial charge on any atom is 0.103 e. The number of hydrogen-bond donors (Lipinski definition) is 2. The predicted octanol–water partition coefficient (Wildman–Crippen LogP) is 1.99. The number of pyridine rings is 1. The average Bonchev–Trinajstić information content (AvgIpc) is 2.79. The van der Waals surface area contributed by atoms with Gasteiger partial charge in [0, 0.05) is 12.7 Å². The molecule has 0 spiro atoms. The second-order valence-electron chi connectivity index (χ2n) is 3.95. The van der Waals surface area contributed by atoms with Gasteiger partial charge in [0.2, 0.25) is 0 Å². The minimum absolute atomic E-state index is 0.682. The van der Waals surface area contributed by atoms with Crippen molar-refractivity contribution in [1.29, 1.82) is 0 Å². The quantitative estimate of drug-likeness (QED) is 0.624. The van der Waals surface area contributed by atoms with E-state index in [0.29, 0.717) is 6.54 Å². The SMILES string of the molecule is C=CCNC(=P)Nc1cn(-c2cccnc2)nc1C. The Balaban J connectivity index is 2.13. The van der Waals surface area contributed by atoms with Crippen molar-refractivity contribution in [2.45, 2.75) is 6.92 Å². The Morgan fingerprint density at radius 3 is 3.11 bits per heavy atom. The van der Waals surface area contributed by atoms with E-state index in [1.807, 2.05) is 25.3 Å². The van der Waals surface area contributed by atoms with E-state index in [9.17, 15) is 0 Å². The highest BCUT2D eigenvalue weighted by atomic mass is 31.0. The predicted molar refractivity (Wildman–Crippen MR) is 81.2 cm³/mol. The summed E-state index contributed by atoms with van der Waals surface area (Å²) >= 11 is 0. The Morgan fingerprint density at radius 1 is 1.58 bits per heavy atom. The van der Waals surface area contributed by atoms with Crippen LogP contribution in [-0.4, -0.2) is 26.9 Å². The third kappa shape index (κ3) is 3.50. The van der Waals surface area contributed by atoms with Gasteiger partial charge in [0.05, 0.1) is 29.5 Å². The van der Waals surface area contributed by atoms with Crippen LogP contribution in [0.1, 0.15) is 5.69 Å². The molecule has 2 heterocycles. The van der Waals surface area contributed by atoms with Gasteiger partial charge in [-0.05, 0) is 19.1 Å². The van der Waals surface area contributed by atoms with E-state index in [0.717, 1.165) is 22.6 Å². The van der Waals surface area contributed by atoms with E-state index in [1.54, 1.807) is 23.2 Å². The summed E-state index contributed by atoms with van der Waals surface area (Å²) in [6, 6.07) is 3.84. The molecule has 0 unspecified atom stereocenters. The first kappa shape index (κ1) is 13.5. The Kier molecular flexibility index (Phi) is 4.44. The molecule has 0 radical (unpaired) electrons. The summed E-state index contributed by atoms with van der Waals surface area (Å²) < 4.78 is 1.79. The highest BCUT2D eigenvalue weighted by molar-refractivity contribution is 7.21. The number of hydrogen-bond acceptors (Lipinski definition) is 2. The molecule has 98 valence electrons. The summed E-state index contributed by atoms with van der Waals surface area (Å²) in [4.78, 5) is 4.08. The summed E-state index contributed by atoms with van der Waals surface area (Å²) in [7, 11) is 3.47. The normalized spacial score (nSPS) is 10.2. The van der Waals surface area contributed by atoms with Crippen molar-refractivity contribution in [3.63, 3.8) is 0 Å². The van der Waals surface area contributed by atoms with Gasteiger partial charge in [0.1, 0.15) is 5.54 Å². The fraction of sp³-hybridized carbons (Fsp3) is 0.154. The maximum atomic E-state index is 4.45. The molecule has 0 aromatic carbocycles. The van der Waals surface area contributed by atoms with Crippen molar-refractivity contribution >= 4 is 20.1 Å². The number of nitrogens with one attached hydrogen (secondary N) is 2. The van der Waals surface area contributed by atoms with Crippen molar-refractivity contribution < 1.29 is 0 Å². The van der Waals surface area contributed by atoms with Crippen molar-refractivity contribution in [3.8, 4) is 5.69 Å². The van der Waals surface area contributed by atoms with Crippen molar-refractivity contribution in [2.75, 3.05) is 11.9 Å². The van der Waals surface area contributed by atoms with E-state index < -0.39 is 0 Å². The lowest BCUT2D eigenvalue weighted by molar-refractivity contribution is 0.857. The van der Waals surface area contributed by atoms with Crippen LogP contribution in [0.25, 0.3) is 5.69 Å². The molecular formula is C13H16N5P. The van der Waals surface area contributed by atoms with Crippen molar-refractivity contribution in [1.82, 2.24) is 20.1 Å². The van der Waals surface area contributed by atoms with Crippen LogP contribution in [0.15, 0.2) is 43.4 Å². The smallest absolute Gasteiger partial charge is 0.103 e. The van der Waals surface area contributed by atoms with Gasteiger partial charge < -0.3 is 5.32 Å². The van der Waals surface area contributed by atoms with Crippen molar-refractivity contribution in [2.24, 2.45) is 0 Å². The molecule has 0 aliphatic carbocycles. The maximum absolute atomic E-state index is 4.45. The second kappa shape index (κ2) is 6.27. The fourth-order valence-corrected chi connectivity index (χ4v) is 1.79. The molecule has 0 fully saturated rings. The Bertz CT molecular complexity index is 576. The van der Waals surface area contributed by atoms with Crippen LogP contribution < -0.4 is 10.6 Å². The minimum atomic E-state index is 0.682. The molecule has 0 bridgehead atoms. The fourth-order valence-electron chi connectivity index (χ4n) is 1.56. The first-order valence-corrected chi connectivity index (χ1v) is 6.37. The zero-order chi connectivity index (χ0) is 13.7. The average molecular weight is 273 g/mol. The summed E-state index contributed by atoms with van der Waals surface area (Å²) in [6.45, 7) is 6.28. The molecule has 0 saturated heterocycles. The van der Waals surface area contributed by atoms with E-state index in [1.165, 1.54) is 0 Å². The van der Waals surface area contributed by atoms with Crippen LogP contribution in [0.3, 0.4) is 0 Å². The van der Waals surface area contributed by atoms with Crippen LogP contribution in [0.4, 0.5) is 5.69 Å². The number of anilines is 1. The number of aromatic nitrogens is 3.